The predicted molar refractivity (Wildman–Crippen MR) is 77.0 cm³/mol. The Morgan fingerprint density at radius 2 is 2.30 bits per heavy atom. The van der Waals surface area contributed by atoms with Crippen LogP contribution in [0.1, 0.15) is 23.1 Å². The van der Waals surface area contributed by atoms with Gasteiger partial charge in [0.15, 0.2) is 5.69 Å². The Bertz CT molecular complexity index is 814. The van der Waals surface area contributed by atoms with Gasteiger partial charge in [-0.2, -0.15) is 5.10 Å². The van der Waals surface area contributed by atoms with Gasteiger partial charge < -0.3 is 9.26 Å². The van der Waals surface area contributed by atoms with Crippen molar-refractivity contribution >= 4 is 5.97 Å². The van der Waals surface area contributed by atoms with E-state index in [0.717, 1.165) is 0 Å². The fourth-order valence-electron chi connectivity index (χ4n) is 2.07. The molecular formula is C15H13FN4O3. The van der Waals surface area contributed by atoms with Crippen LogP contribution in [0, 0.1) is 5.82 Å². The average molecular weight is 316 g/mol. The molecule has 0 spiro atoms. The Morgan fingerprint density at radius 3 is 3.00 bits per heavy atom. The zero-order valence-corrected chi connectivity index (χ0v) is 12.3. The van der Waals surface area contributed by atoms with E-state index in [9.17, 15) is 9.18 Å². The monoisotopic (exact) mass is 316 g/mol. The minimum atomic E-state index is -0.558. The first-order valence-corrected chi connectivity index (χ1v) is 6.94. The molecule has 3 aromatic heterocycles. The molecule has 0 aliphatic rings. The maximum atomic E-state index is 13.8. The number of nitrogens with zero attached hydrogens (tertiary/aromatic N) is 4. The lowest BCUT2D eigenvalue weighted by molar-refractivity contribution is 0.0518. The number of rotatable bonds is 5. The Morgan fingerprint density at radius 1 is 1.43 bits per heavy atom. The van der Waals surface area contributed by atoms with E-state index in [-0.39, 0.29) is 24.5 Å². The Labute approximate surface area is 130 Å². The van der Waals surface area contributed by atoms with Crippen molar-refractivity contribution in [3.8, 4) is 11.4 Å². The summed E-state index contributed by atoms with van der Waals surface area (Å²) in [6, 6.07) is 5.96. The molecule has 0 bridgehead atoms. The highest BCUT2D eigenvalue weighted by Gasteiger charge is 2.19. The Hall–Kier alpha value is -3.03. The van der Waals surface area contributed by atoms with Crippen LogP contribution >= 0.6 is 0 Å². The molecule has 0 amide bonds. The average Bonchev–Trinajstić information content (AvgIpc) is 3.19. The highest BCUT2D eigenvalue weighted by atomic mass is 19.1. The molecule has 0 aliphatic heterocycles. The lowest BCUT2D eigenvalue weighted by atomic mass is 10.2. The summed E-state index contributed by atoms with van der Waals surface area (Å²) in [6.45, 7) is 1.99. The van der Waals surface area contributed by atoms with Crippen LogP contribution in [0.3, 0.4) is 0 Å². The lowest BCUT2D eigenvalue weighted by Crippen LogP contribution is -2.10. The largest absolute Gasteiger partial charge is 0.461 e. The Balaban J connectivity index is 2.00. The molecule has 3 rings (SSSR count). The summed E-state index contributed by atoms with van der Waals surface area (Å²) in [4.78, 5) is 15.9. The summed E-state index contributed by atoms with van der Waals surface area (Å²) in [5, 5.41) is 8.00. The standard InChI is InChI=1S/C15H13FN4O3/c1-2-22-15(21)12-8-14(11-5-7-23-19-11)20(18-12)9-13-10(16)4-3-6-17-13/h3-8H,2,9H2,1H3. The number of ether oxygens (including phenoxy) is 1. The number of carbonyl (C=O) groups is 1. The van der Waals surface area contributed by atoms with Crippen LogP contribution in [0.2, 0.25) is 0 Å². The minimum absolute atomic E-state index is 0.0499. The fourth-order valence-corrected chi connectivity index (χ4v) is 2.07. The number of aromatic nitrogens is 4. The van der Waals surface area contributed by atoms with E-state index in [2.05, 4.69) is 15.2 Å². The van der Waals surface area contributed by atoms with Crippen LogP contribution in [-0.4, -0.2) is 32.5 Å². The van der Waals surface area contributed by atoms with E-state index < -0.39 is 11.8 Å². The van der Waals surface area contributed by atoms with E-state index in [1.54, 1.807) is 13.0 Å². The molecule has 0 saturated heterocycles. The zero-order chi connectivity index (χ0) is 16.2. The molecule has 8 heteroatoms. The molecule has 0 atom stereocenters. The summed E-state index contributed by atoms with van der Waals surface area (Å²) < 4.78 is 25.0. The predicted octanol–water partition coefficient (Wildman–Crippen LogP) is 2.30. The van der Waals surface area contributed by atoms with Gasteiger partial charge in [0, 0.05) is 18.3 Å². The molecule has 7 nitrogen and oxygen atoms in total. The quantitative estimate of drug-likeness (QED) is 0.672. The topological polar surface area (TPSA) is 83.0 Å². The van der Waals surface area contributed by atoms with Gasteiger partial charge in [0.05, 0.1) is 24.5 Å². The smallest absolute Gasteiger partial charge is 0.358 e. The van der Waals surface area contributed by atoms with Gasteiger partial charge in [-0.05, 0) is 19.1 Å². The number of pyridine rings is 1. The van der Waals surface area contributed by atoms with Crippen molar-refractivity contribution in [2.45, 2.75) is 13.5 Å². The number of hydrogen-bond donors (Lipinski definition) is 0. The summed E-state index contributed by atoms with van der Waals surface area (Å²) in [5.74, 6) is -1.01. The van der Waals surface area contributed by atoms with Crippen LogP contribution in [0.4, 0.5) is 4.39 Å². The maximum absolute atomic E-state index is 13.8. The second kappa shape index (κ2) is 6.39. The van der Waals surface area contributed by atoms with Crippen molar-refractivity contribution in [2.75, 3.05) is 6.61 Å². The molecule has 118 valence electrons. The van der Waals surface area contributed by atoms with Crippen LogP contribution in [0.5, 0.6) is 0 Å². The zero-order valence-electron chi connectivity index (χ0n) is 12.3. The first-order valence-electron chi connectivity index (χ1n) is 6.94. The van der Waals surface area contributed by atoms with E-state index >= 15 is 0 Å². The minimum Gasteiger partial charge on any atom is -0.461 e. The summed E-state index contributed by atoms with van der Waals surface area (Å²) >= 11 is 0. The first kappa shape index (κ1) is 14.9. The molecule has 23 heavy (non-hydrogen) atoms. The molecular weight excluding hydrogens is 303 g/mol. The summed E-state index contributed by atoms with van der Waals surface area (Å²) in [5.41, 5.74) is 1.30. The molecule has 0 fully saturated rings. The van der Waals surface area contributed by atoms with Gasteiger partial charge in [-0.1, -0.05) is 5.16 Å². The van der Waals surface area contributed by atoms with Crippen molar-refractivity contribution in [2.24, 2.45) is 0 Å². The van der Waals surface area contributed by atoms with Crippen molar-refractivity contribution in [1.29, 1.82) is 0 Å². The SMILES string of the molecule is CCOC(=O)c1cc(-c2ccon2)n(Cc2ncccc2F)n1. The molecule has 3 heterocycles. The van der Waals surface area contributed by atoms with E-state index in [4.69, 9.17) is 9.26 Å². The second-order valence-electron chi connectivity index (χ2n) is 4.61. The number of esters is 1. The van der Waals surface area contributed by atoms with Crippen molar-refractivity contribution in [3.63, 3.8) is 0 Å². The molecule has 0 aliphatic carbocycles. The Kier molecular flexibility index (Phi) is 4.13. The van der Waals surface area contributed by atoms with Crippen LogP contribution in [0.15, 0.2) is 41.2 Å². The van der Waals surface area contributed by atoms with Gasteiger partial charge in [0.2, 0.25) is 0 Å². The van der Waals surface area contributed by atoms with Gasteiger partial charge >= 0.3 is 5.97 Å². The molecule has 0 aromatic carbocycles. The fraction of sp³-hybridized carbons (Fsp3) is 0.200. The van der Waals surface area contributed by atoms with Gasteiger partial charge in [0.25, 0.3) is 0 Å². The number of hydrogen-bond acceptors (Lipinski definition) is 6. The first-order chi connectivity index (χ1) is 11.2. The van der Waals surface area contributed by atoms with Crippen LogP contribution in [-0.2, 0) is 11.3 Å². The normalized spacial score (nSPS) is 10.7. The van der Waals surface area contributed by atoms with E-state index in [1.807, 2.05) is 0 Å². The van der Waals surface area contributed by atoms with Crippen LogP contribution < -0.4 is 0 Å². The molecule has 0 N–H and O–H groups in total. The third-order valence-electron chi connectivity index (χ3n) is 3.10. The third kappa shape index (κ3) is 3.10. The van der Waals surface area contributed by atoms with Gasteiger partial charge in [-0.15, -0.1) is 0 Å². The second-order valence-corrected chi connectivity index (χ2v) is 4.61. The summed E-state index contributed by atoms with van der Waals surface area (Å²) in [7, 11) is 0. The molecule has 0 radical (unpaired) electrons. The highest BCUT2D eigenvalue weighted by Crippen LogP contribution is 2.20. The van der Waals surface area contributed by atoms with Crippen molar-refractivity contribution < 1.29 is 18.4 Å². The van der Waals surface area contributed by atoms with Crippen LogP contribution in [0.25, 0.3) is 11.4 Å². The van der Waals surface area contributed by atoms with Crippen molar-refractivity contribution in [1.82, 2.24) is 19.9 Å². The lowest BCUT2D eigenvalue weighted by Gasteiger charge is -2.05. The molecule has 0 unspecified atom stereocenters. The maximum Gasteiger partial charge on any atom is 0.358 e. The highest BCUT2D eigenvalue weighted by molar-refractivity contribution is 5.88. The van der Waals surface area contributed by atoms with E-state index in [0.29, 0.717) is 11.4 Å². The van der Waals surface area contributed by atoms with Crippen molar-refractivity contribution in [3.05, 3.63) is 53.9 Å². The number of halogens is 1. The van der Waals surface area contributed by atoms with Gasteiger partial charge in [-0.3, -0.25) is 9.67 Å². The summed E-state index contributed by atoms with van der Waals surface area (Å²) in [6.07, 6.45) is 2.89. The third-order valence-corrected chi connectivity index (χ3v) is 3.10. The van der Waals surface area contributed by atoms with Gasteiger partial charge in [-0.25, -0.2) is 9.18 Å². The molecule has 3 aromatic rings. The van der Waals surface area contributed by atoms with E-state index in [1.165, 1.54) is 35.3 Å². The van der Waals surface area contributed by atoms with Gasteiger partial charge in [0.1, 0.15) is 17.8 Å². The molecule has 0 saturated carbocycles. The number of carbonyl (C=O) groups excluding carboxylic acids is 1.